The number of nitrogens with one attached hydrogen (secondary N) is 3. The van der Waals surface area contributed by atoms with Crippen LogP contribution in [0.1, 0.15) is 12.8 Å². The summed E-state index contributed by atoms with van der Waals surface area (Å²) >= 11 is 5.78. The zero-order valence-electron chi connectivity index (χ0n) is 16.1. The van der Waals surface area contributed by atoms with Crippen LogP contribution in [0.4, 0.5) is 5.82 Å². The van der Waals surface area contributed by atoms with Crippen molar-refractivity contribution in [3.05, 3.63) is 62.4 Å². The number of aromatic amines is 2. The van der Waals surface area contributed by atoms with Gasteiger partial charge in [-0.15, -0.1) is 0 Å². The maximum Gasteiger partial charge on any atom is 0.326 e. The van der Waals surface area contributed by atoms with Gasteiger partial charge in [0.05, 0.1) is 20.8 Å². The van der Waals surface area contributed by atoms with Gasteiger partial charge in [0, 0.05) is 25.2 Å². The van der Waals surface area contributed by atoms with Crippen molar-refractivity contribution in [1.29, 1.82) is 0 Å². The van der Waals surface area contributed by atoms with Gasteiger partial charge in [0.15, 0.2) is 0 Å². The van der Waals surface area contributed by atoms with E-state index in [-0.39, 0.29) is 40.7 Å². The summed E-state index contributed by atoms with van der Waals surface area (Å²) in [6.07, 6.45) is 2.12. The van der Waals surface area contributed by atoms with Crippen molar-refractivity contribution in [2.45, 2.75) is 17.7 Å². The number of pyridine rings is 1. The average Bonchev–Trinajstić information content (AvgIpc) is 2.75. The Morgan fingerprint density at radius 3 is 2.55 bits per heavy atom. The van der Waals surface area contributed by atoms with Crippen LogP contribution < -0.4 is 16.6 Å². The summed E-state index contributed by atoms with van der Waals surface area (Å²) in [5, 5.41) is 3.24. The van der Waals surface area contributed by atoms with Crippen LogP contribution >= 0.6 is 11.6 Å². The number of fused-ring (bicyclic) bond motifs is 1. The summed E-state index contributed by atoms with van der Waals surface area (Å²) in [6.45, 7) is 0.322. The van der Waals surface area contributed by atoms with E-state index in [9.17, 15) is 22.8 Å². The molecule has 1 fully saturated rings. The predicted molar refractivity (Wildman–Crippen MR) is 115 cm³/mol. The van der Waals surface area contributed by atoms with Gasteiger partial charge in [-0.1, -0.05) is 11.6 Å². The molecule has 1 amide bonds. The number of carbonyl (C=O) groups excluding carboxylic acids is 1. The molecule has 1 saturated heterocycles. The smallest absolute Gasteiger partial charge is 0.310 e. The first-order valence-corrected chi connectivity index (χ1v) is 11.2. The Balaban J connectivity index is 1.47. The van der Waals surface area contributed by atoms with Crippen molar-refractivity contribution >= 4 is 44.3 Å². The molecule has 0 bridgehead atoms. The van der Waals surface area contributed by atoms with Crippen LogP contribution in [0.3, 0.4) is 0 Å². The van der Waals surface area contributed by atoms with Gasteiger partial charge in [-0.05, 0) is 43.2 Å². The molecule has 1 aromatic carbocycles. The Hall–Kier alpha value is -3.02. The molecule has 0 aliphatic carbocycles. The summed E-state index contributed by atoms with van der Waals surface area (Å²) < 4.78 is 27.3. The summed E-state index contributed by atoms with van der Waals surface area (Å²) in [6, 6.07) is 7.18. The predicted octanol–water partition coefficient (Wildman–Crippen LogP) is 1.30. The first kappa shape index (κ1) is 21.2. The maximum atomic E-state index is 13.0. The van der Waals surface area contributed by atoms with Gasteiger partial charge in [-0.2, -0.15) is 4.31 Å². The summed E-state index contributed by atoms with van der Waals surface area (Å²) in [5.74, 6) is -0.203. The number of aromatic nitrogens is 3. The number of H-pyrrole nitrogens is 2. The van der Waals surface area contributed by atoms with Crippen LogP contribution in [0.25, 0.3) is 10.9 Å². The van der Waals surface area contributed by atoms with Gasteiger partial charge in [0.25, 0.3) is 5.56 Å². The second kappa shape index (κ2) is 8.25. The van der Waals surface area contributed by atoms with Crippen molar-refractivity contribution in [1.82, 2.24) is 19.3 Å². The van der Waals surface area contributed by atoms with Crippen molar-refractivity contribution in [2.24, 2.45) is 5.92 Å². The van der Waals surface area contributed by atoms with Crippen molar-refractivity contribution in [3.8, 4) is 0 Å². The molecule has 3 aromatic rings. The lowest BCUT2D eigenvalue weighted by Gasteiger charge is -2.30. The van der Waals surface area contributed by atoms with Crippen LogP contribution in [-0.4, -0.2) is 46.7 Å². The molecule has 162 valence electrons. The Morgan fingerprint density at radius 1 is 1.13 bits per heavy atom. The van der Waals surface area contributed by atoms with Gasteiger partial charge in [0.2, 0.25) is 15.9 Å². The third kappa shape index (κ3) is 4.38. The van der Waals surface area contributed by atoms with Crippen LogP contribution in [0.5, 0.6) is 0 Å². The van der Waals surface area contributed by atoms with Gasteiger partial charge in [-0.3, -0.25) is 14.6 Å². The molecule has 4 rings (SSSR count). The monoisotopic (exact) mass is 463 g/mol. The minimum atomic E-state index is -3.86. The highest BCUT2D eigenvalue weighted by Crippen LogP contribution is 2.25. The van der Waals surface area contributed by atoms with Crippen molar-refractivity contribution in [3.63, 3.8) is 0 Å². The molecule has 3 heterocycles. The maximum absolute atomic E-state index is 13.0. The van der Waals surface area contributed by atoms with Crippen molar-refractivity contribution in [2.75, 3.05) is 18.4 Å². The number of sulfonamides is 1. The topological polar surface area (TPSA) is 145 Å². The molecule has 0 unspecified atom stereocenters. The molecule has 12 heteroatoms. The lowest BCUT2D eigenvalue weighted by molar-refractivity contribution is -0.120. The second-order valence-corrected chi connectivity index (χ2v) is 9.52. The molecule has 3 N–H and O–H groups in total. The molecule has 0 saturated carbocycles. The highest BCUT2D eigenvalue weighted by molar-refractivity contribution is 7.89. The highest BCUT2D eigenvalue weighted by Gasteiger charge is 2.32. The molecule has 10 nitrogen and oxygen atoms in total. The fraction of sp³-hybridized carbons (Fsp3) is 0.263. The van der Waals surface area contributed by atoms with E-state index in [4.69, 9.17) is 11.6 Å². The summed E-state index contributed by atoms with van der Waals surface area (Å²) in [5.41, 5.74) is -1.08. The van der Waals surface area contributed by atoms with E-state index < -0.39 is 21.3 Å². The molecule has 1 aliphatic heterocycles. The van der Waals surface area contributed by atoms with Gasteiger partial charge in [-0.25, -0.2) is 18.2 Å². The first-order valence-electron chi connectivity index (χ1n) is 9.43. The van der Waals surface area contributed by atoms with Gasteiger partial charge in [0.1, 0.15) is 5.82 Å². The molecule has 31 heavy (non-hydrogen) atoms. The number of nitrogens with zero attached hydrogens (tertiary/aromatic N) is 2. The lowest BCUT2D eigenvalue weighted by Crippen LogP contribution is -2.41. The molecular formula is C19H18ClN5O5S. The van der Waals surface area contributed by atoms with Crippen LogP contribution in [0.2, 0.25) is 5.02 Å². The molecule has 2 aromatic heterocycles. The largest absolute Gasteiger partial charge is 0.326 e. The van der Waals surface area contributed by atoms with E-state index >= 15 is 0 Å². The summed E-state index contributed by atoms with van der Waals surface area (Å²) in [4.78, 5) is 44.3. The number of benzene rings is 1. The fourth-order valence-corrected chi connectivity index (χ4v) is 5.10. The van der Waals surface area contributed by atoms with E-state index in [1.807, 2.05) is 0 Å². The Bertz CT molecular complexity index is 1360. The van der Waals surface area contributed by atoms with Crippen molar-refractivity contribution < 1.29 is 13.2 Å². The van der Waals surface area contributed by atoms with Gasteiger partial charge < -0.3 is 10.3 Å². The van der Waals surface area contributed by atoms with E-state index in [0.717, 1.165) is 0 Å². The number of carbonyl (C=O) groups is 1. The Labute approximate surface area is 181 Å². The molecular weight excluding hydrogens is 446 g/mol. The van der Waals surface area contributed by atoms with Gasteiger partial charge >= 0.3 is 5.69 Å². The summed E-state index contributed by atoms with van der Waals surface area (Å²) in [7, 11) is -3.86. The molecule has 0 atom stereocenters. The van der Waals surface area contributed by atoms with Crippen LogP contribution in [-0.2, 0) is 14.8 Å². The minimum Gasteiger partial charge on any atom is -0.310 e. The molecule has 1 aliphatic rings. The number of rotatable bonds is 4. The average molecular weight is 464 g/mol. The SMILES string of the molecule is O=C(Nc1ccc(Cl)cn1)C1CCN(S(=O)(=O)c2ccc3[nH]c(=O)[nH]c(=O)c3c2)CC1. The van der Waals surface area contributed by atoms with E-state index in [0.29, 0.717) is 23.7 Å². The van der Waals surface area contributed by atoms with E-state index in [1.54, 1.807) is 12.1 Å². The number of piperidine rings is 1. The number of halogens is 1. The highest BCUT2D eigenvalue weighted by atomic mass is 35.5. The van der Waals surface area contributed by atoms with Crippen LogP contribution in [0, 0.1) is 5.92 Å². The minimum absolute atomic E-state index is 0.0502. The fourth-order valence-electron chi connectivity index (χ4n) is 3.49. The molecule has 0 radical (unpaired) electrons. The zero-order chi connectivity index (χ0) is 22.2. The van der Waals surface area contributed by atoms with E-state index in [2.05, 4.69) is 20.3 Å². The standard InChI is InChI=1S/C19H18ClN5O5S/c20-12-1-4-16(21-10-12)23-17(26)11-5-7-25(8-6-11)31(29,30)13-2-3-15-14(9-13)18(27)24-19(28)22-15/h1-4,9-11H,5-8H2,(H,21,23,26)(H2,22,24,27,28). The Kier molecular flexibility index (Phi) is 5.65. The quantitative estimate of drug-likeness (QED) is 0.531. The van der Waals surface area contributed by atoms with Crippen LogP contribution in [0.15, 0.2) is 51.0 Å². The number of hydrogen-bond donors (Lipinski definition) is 3. The first-order chi connectivity index (χ1) is 14.7. The van der Waals surface area contributed by atoms with E-state index in [1.165, 1.54) is 28.7 Å². The number of hydrogen-bond acceptors (Lipinski definition) is 6. The number of anilines is 1. The molecule has 0 spiro atoms. The lowest BCUT2D eigenvalue weighted by atomic mass is 9.97. The zero-order valence-corrected chi connectivity index (χ0v) is 17.7. The Morgan fingerprint density at radius 2 is 1.87 bits per heavy atom. The normalized spacial score (nSPS) is 15.8. The second-order valence-electron chi connectivity index (χ2n) is 7.14. The number of amides is 1. The third-order valence-electron chi connectivity index (χ3n) is 5.15. The third-order valence-corrected chi connectivity index (χ3v) is 7.27.